The molecule has 0 unspecified atom stereocenters. The second-order valence-electron chi connectivity index (χ2n) is 8.12. The smallest absolute Gasteiger partial charge is 0.416 e. The van der Waals surface area contributed by atoms with Gasteiger partial charge < -0.3 is 15.0 Å². The highest BCUT2D eigenvalue weighted by Crippen LogP contribution is 2.51. The maximum Gasteiger partial charge on any atom is 0.416 e. The first kappa shape index (κ1) is 19.5. The quantitative estimate of drug-likeness (QED) is 0.867. The standard InChI is InChI=1S/C19H23F3N2O3/c1-18(2,3)27-17(26)24-9-11(10-24)23-16(25)14-8-13(14)12-6-4-5-7-15(12)19(20,21)22/h4-7,11,13-14H,8-10H2,1-3H3,(H,23,25)/t13-,14+/m1/s1. The number of rotatable bonds is 3. The molecule has 0 aromatic heterocycles. The van der Waals surface area contributed by atoms with Crippen LogP contribution in [0.3, 0.4) is 0 Å². The summed E-state index contributed by atoms with van der Waals surface area (Å²) in [6.45, 7) is 6.01. The summed E-state index contributed by atoms with van der Waals surface area (Å²) in [5.74, 6) is -1.13. The predicted octanol–water partition coefficient (Wildman–Crippen LogP) is 3.54. The van der Waals surface area contributed by atoms with Crippen molar-refractivity contribution < 1.29 is 27.5 Å². The molecule has 1 aromatic rings. The number of likely N-dealkylation sites (tertiary alicyclic amines) is 1. The molecule has 27 heavy (non-hydrogen) atoms. The van der Waals surface area contributed by atoms with Crippen molar-refractivity contribution in [2.24, 2.45) is 5.92 Å². The molecule has 1 heterocycles. The minimum Gasteiger partial charge on any atom is -0.444 e. The zero-order valence-electron chi connectivity index (χ0n) is 15.5. The number of carbonyl (C=O) groups excluding carboxylic acids is 2. The summed E-state index contributed by atoms with van der Waals surface area (Å²) in [4.78, 5) is 25.7. The second kappa shape index (κ2) is 6.73. The number of halogens is 3. The first-order chi connectivity index (χ1) is 12.5. The van der Waals surface area contributed by atoms with Crippen LogP contribution >= 0.6 is 0 Å². The molecule has 148 valence electrons. The molecule has 0 bridgehead atoms. The van der Waals surface area contributed by atoms with E-state index in [1.54, 1.807) is 26.8 Å². The van der Waals surface area contributed by atoms with Gasteiger partial charge in [-0.1, -0.05) is 18.2 Å². The number of amides is 2. The van der Waals surface area contributed by atoms with E-state index in [9.17, 15) is 22.8 Å². The number of nitrogens with one attached hydrogen (secondary N) is 1. The van der Waals surface area contributed by atoms with Crippen molar-refractivity contribution in [3.63, 3.8) is 0 Å². The number of hydrogen-bond donors (Lipinski definition) is 1. The van der Waals surface area contributed by atoms with Crippen LogP contribution in [0, 0.1) is 5.92 Å². The molecule has 1 aliphatic carbocycles. The topological polar surface area (TPSA) is 58.6 Å². The van der Waals surface area contributed by atoms with Gasteiger partial charge in [-0.15, -0.1) is 0 Å². The molecule has 2 amide bonds. The van der Waals surface area contributed by atoms with Crippen LogP contribution in [0.4, 0.5) is 18.0 Å². The Hall–Kier alpha value is -2.25. The van der Waals surface area contributed by atoms with Crippen molar-refractivity contribution in [1.82, 2.24) is 10.2 Å². The zero-order chi connectivity index (χ0) is 20.0. The Morgan fingerprint density at radius 3 is 2.37 bits per heavy atom. The fraction of sp³-hybridized carbons (Fsp3) is 0.579. The van der Waals surface area contributed by atoms with Gasteiger partial charge in [0.2, 0.25) is 5.91 Å². The van der Waals surface area contributed by atoms with Gasteiger partial charge in [0, 0.05) is 19.0 Å². The normalized spacial score (nSPS) is 22.8. The largest absolute Gasteiger partial charge is 0.444 e. The Bertz CT molecular complexity index is 736. The van der Waals surface area contributed by atoms with Gasteiger partial charge in [-0.3, -0.25) is 4.79 Å². The average molecular weight is 384 g/mol. The molecule has 8 heteroatoms. The van der Waals surface area contributed by atoms with E-state index < -0.39 is 35.3 Å². The maximum atomic E-state index is 13.1. The van der Waals surface area contributed by atoms with E-state index >= 15 is 0 Å². The summed E-state index contributed by atoms with van der Waals surface area (Å²) >= 11 is 0. The van der Waals surface area contributed by atoms with Crippen LogP contribution in [0.1, 0.15) is 44.2 Å². The van der Waals surface area contributed by atoms with Gasteiger partial charge in [-0.05, 0) is 44.7 Å². The van der Waals surface area contributed by atoms with Crippen molar-refractivity contribution in [3.05, 3.63) is 35.4 Å². The van der Waals surface area contributed by atoms with E-state index in [-0.39, 0.29) is 17.5 Å². The lowest BCUT2D eigenvalue weighted by atomic mass is 10.0. The van der Waals surface area contributed by atoms with Crippen LogP contribution in [0.5, 0.6) is 0 Å². The third kappa shape index (κ3) is 4.54. The van der Waals surface area contributed by atoms with E-state index in [0.717, 1.165) is 6.07 Å². The van der Waals surface area contributed by atoms with Gasteiger partial charge in [-0.2, -0.15) is 13.2 Å². The molecular weight excluding hydrogens is 361 g/mol. The lowest BCUT2D eigenvalue weighted by molar-refractivity contribution is -0.138. The molecule has 1 saturated carbocycles. The lowest BCUT2D eigenvalue weighted by Gasteiger charge is -2.40. The highest BCUT2D eigenvalue weighted by Gasteiger charge is 2.48. The lowest BCUT2D eigenvalue weighted by Crippen LogP contribution is -2.61. The summed E-state index contributed by atoms with van der Waals surface area (Å²) in [5, 5.41) is 2.81. The summed E-state index contributed by atoms with van der Waals surface area (Å²) < 4.78 is 44.6. The Morgan fingerprint density at radius 1 is 1.15 bits per heavy atom. The number of carbonyl (C=O) groups is 2. The molecule has 1 saturated heterocycles. The van der Waals surface area contributed by atoms with Crippen molar-refractivity contribution >= 4 is 12.0 Å². The SMILES string of the molecule is CC(C)(C)OC(=O)N1CC(NC(=O)[C@H]2C[C@@H]2c2ccccc2C(F)(F)F)C1. The van der Waals surface area contributed by atoms with Crippen LogP contribution in [0.25, 0.3) is 0 Å². The molecule has 1 aromatic carbocycles. The molecule has 2 aliphatic rings. The summed E-state index contributed by atoms with van der Waals surface area (Å²) in [5.41, 5.74) is -1.09. The molecule has 3 rings (SSSR count). The number of benzene rings is 1. The van der Waals surface area contributed by atoms with Crippen LogP contribution in [-0.4, -0.2) is 41.6 Å². The fourth-order valence-electron chi connectivity index (χ4n) is 3.26. The van der Waals surface area contributed by atoms with Gasteiger partial charge in [0.1, 0.15) is 5.60 Å². The van der Waals surface area contributed by atoms with Crippen molar-refractivity contribution in [2.45, 2.75) is 50.9 Å². The van der Waals surface area contributed by atoms with Crippen LogP contribution in [-0.2, 0) is 15.7 Å². The minimum absolute atomic E-state index is 0.175. The van der Waals surface area contributed by atoms with Gasteiger partial charge in [0.15, 0.2) is 0 Å². The monoisotopic (exact) mass is 384 g/mol. The van der Waals surface area contributed by atoms with E-state index in [4.69, 9.17) is 4.74 Å². The summed E-state index contributed by atoms with van der Waals surface area (Å²) in [6, 6.07) is 5.21. The van der Waals surface area contributed by atoms with E-state index in [2.05, 4.69) is 5.32 Å². The molecule has 5 nitrogen and oxygen atoms in total. The Balaban J connectivity index is 1.51. The van der Waals surface area contributed by atoms with E-state index in [0.29, 0.717) is 19.5 Å². The predicted molar refractivity (Wildman–Crippen MR) is 92.0 cm³/mol. The van der Waals surface area contributed by atoms with Gasteiger partial charge in [-0.25, -0.2) is 4.79 Å². The highest BCUT2D eigenvalue weighted by atomic mass is 19.4. The number of alkyl halides is 3. The van der Waals surface area contributed by atoms with E-state index in [1.807, 2.05) is 0 Å². The van der Waals surface area contributed by atoms with Gasteiger partial charge in [0.05, 0.1) is 11.6 Å². The first-order valence-electron chi connectivity index (χ1n) is 8.90. The van der Waals surface area contributed by atoms with Crippen LogP contribution in [0.2, 0.25) is 0 Å². The Morgan fingerprint density at radius 2 is 1.78 bits per heavy atom. The number of hydrogen-bond acceptors (Lipinski definition) is 3. The molecule has 1 N–H and O–H groups in total. The molecular formula is C19H23F3N2O3. The Labute approximate surface area is 155 Å². The van der Waals surface area contributed by atoms with Crippen LogP contribution < -0.4 is 5.32 Å². The third-order valence-corrected chi connectivity index (χ3v) is 4.67. The van der Waals surface area contributed by atoms with Crippen molar-refractivity contribution in [1.29, 1.82) is 0 Å². The molecule has 2 fully saturated rings. The molecule has 2 atom stereocenters. The van der Waals surface area contributed by atoms with Crippen LogP contribution in [0.15, 0.2) is 24.3 Å². The van der Waals surface area contributed by atoms with E-state index in [1.165, 1.54) is 17.0 Å². The maximum absolute atomic E-state index is 13.1. The van der Waals surface area contributed by atoms with Crippen molar-refractivity contribution in [3.8, 4) is 0 Å². The number of ether oxygens (including phenoxy) is 1. The highest BCUT2D eigenvalue weighted by molar-refractivity contribution is 5.83. The second-order valence-corrected chi connectivity index (χ2v) is 8.12. The summed E-state index contributed by atoms with van der Waals surface area (Å²) in [7, 11) is 0. The van der Waals surface area contributed by atoms with Crippen molar-refractivity contribution in [2.75, 3.05) is 13.1 Å². The van der Waals surface area contributed by atoms with Gasteiger partial charge >= 0.3 is 12.3 Å². The molecule has 0 spiro atoms. The third-order valence-electron chi connectivity index (χ3n) is 4.67. The molecule has 1 aliphatic heterocycles. The first-order valence-corrected chi connectivity index (χ1v) is 8.90. The summed E-state index contributed by atoms with van der Waals surface area (Å²) in [6.07, 6.45) is -4.46. The molecule has 0 radical (unpaired) electrons. The van der Waals surface area contributed by atoms with Gasteiger partial charge in [0.25, 0.3) is 0 Å². The average Bonchev–Trinajstić information content (AvgIpc) is 3.28. The Kier molecular flexibility index (Phi) is 4.86. The minimum atomic E-state index is -4.43. The number of nitrogens with zero attached hydrogens (tertiary/aromatic N) is 1. The fourth-order valence-corrected chi connectivity index (χ4v) is 3.26. The zero-order valence-corrected chi connectivity index (χ0v) is 15.5.